The summed E-state index contributed by atoms with van der Waals surface area (Å²) in [5.41, 5.74) is 1.13. The van der Waals surface area contributed by atoms with Gasteiger partial charge < -0.3 is 0 Å². The summed E-state index contributed by atoms with van der Waals surface area (Å²) in [6, 6.07) is 0. The molecule has 0 aromatic carbocycles. The van der Waals surface area contributed by atoms with Crippen molar-refractivity contribution in [2.45, 2.75) is 36.9 Å². The molecule has 0 aliphatic heterocycles. The highest BCUT2D eigenvalue weighted by molar-refractivity contribution is 9.09. The van der Waals surface area contributed by atoms with E-state index in [1.165, 1.54) is 25.7 Å². The first-order chi connectivity index (χ1) is 6.75. The molecule has 1 saturated carbocycles. The molecule has 1 aromatic rings. The number of aryl methyl sites for hydroxylation is 1. The van der Waals surface area contributed by atoms with Crippen LogP contribution in [0.5, 0.6) is 0 Å². The standard InChI is InChI=1S/C10H16BrN3/c1-14-7-9(12-13-14)6-8-4-2-3-5-10(8)11/h7-8,10H,2-6H2,1H3. The van der Waals surface area contributed by atoms with Crippen LogP contribution in [0.15, 0.2) is 6.20 Å². The fraction of sp³-hybridized carbons (Fsp3) is 0.800. The maximum Gasteiger partial charge on any atom is 0.0830 e. The zero-order valence-corrected chi connectivity index (χ0v) is 10.1. The Morgan fingerprint density at radius 3 is 2.93 bits per heavy atom. The van der Waals surface area contributed by atoms with E-state index < -0.39 is 0 Å². The molecule has 0 spiro atoms. The van der Waals surface area contributed by atoms with E-state index >= 15 is 0 Å². The van der Waals surface area contributed by atoms with Crippen LogP contribution >= 0.6 is 15.9 Å². The fourth-order valence-electron chi connectivity index (χ4n) is 2.15. The van der Waals surface area contributed by atoms with E-state index in [9.17, 15) is 0 Å². The van der Waals surface area contributed by atoms with Gasteiger partial charge >= 0.3 is 0 Å². The molecule has 3 nitrogen and oxygen atoms in total. The molecule has 2 atom stereocenters. The second kappa shape index (κ2) is 4.43. The SMILES string of the molecule is Cn1cc(CC2CCCCC2Br)nn1. The monoisotopic (exact) mass is 257 g/mol. The summed E-state index contributed by atoms with van der Waals surface area (Å²) in [6.07, 6.45) is 8.47. The number of alkyl halides is 1. The maximum atomic E-state index is 4.14. The Balaban J connectivity index is 1.95. The van der Waals surface area contributed by atoms with Crippen molar-refractivity contribution in [3.8, 4) is 0 Å². The summed E-state index contributed by atoms with van der Waals surface area (Å²) in [4.78, 5) is 0.679. The predicted octanol–water partition coefficient (Wildman–Crippen LogP) is 2.31. The normalized spacial score (nSPS) is 27.9. The molecule has 1 aromatic heterocycles. The Morgan fingerprint density at radius 1 is 1.50 bits per heavy atom. The maximum absolute atomic E-state index is 4.14. The van der Waals surface area contributed by atoms with E-state index in [1.807, 2.05) is 13.2 Å². The van der Waals surface area contributed by atoms with Crippen LogP contribution in [0.2, 0.25) is 0 Å². The van der Waals surface area contributed by atoms with Gasteiger partial charge in [-0.25, -0.2) is 0 Å². The van der Waals surface area contributed by atoms with Crippen molar-refractivity contribution in [1.29, 1.82) is 0 Å². The molecular formula is C10H16BrN3. The minimum absolute atomic E-state index is 0.679. The van der Waals surface area contributed by atoms with E-state index in [0.29, 0.717) is 4.83 Å². The molecule has 2 unspecified atom stereocenters. The third kappa shape index (κ3) is 2.35. The van der Waals surface area contributed by atoms with E-state index in [2.05, 4.69) is 26.2 Å². The Bertz CT molecular complexity index is 297. The quantitative estimate of drug-likeness (QED) is 0.762. The van der Waals surface area contributed by atoms with Crippen LogP contribution in [0.3, 0.4) is 0 Å². The summed E-state index contributed by atoms with van der Waals surface area (Å²) in [5, 5.41) is 8.09. The lowest BCUT2D eigenvalue weighted by atomic mass is 9.86. The smallest absolute Gasteiger partial charge is 0.0830 e. The second-order valence-electron chi connectivity index (χ2n) is 4.15. The van der Waals surface area contributed by atoms with Crippen LogP contribution in [-0.4, -0.2) is 19.8 Å². The van der Waals surface area contributed by atoms with Crippen LogP contribution in [0.4, 0.5) is 0 Å². The van der Waals surface area contributed by atoms with Gasteiger partial charge in [0.25, 0.3) is 0 Å². The van der Waals surface area contributed by atoms with Gasteiger partial charge in [0.1, 0.15) is 0 Å². The lowest BCUT2D eigenvalue weighted by molar-refractivity contribution is 0.370. The largest absolute Gasteiger partial charge is 0.255 e. The minimum Gasteiger partial charge on any atom is -0.255 e. The molecule has 0 radical (unpaired) electrons. The Labute approximate surface area is 93.0 Å². The zero-order chi connectivity index (χ0) is 9.97. The van der Waals surface area contributed by atoms with Crippen molar-refractivity contribution in [3.63, 3.8) is 0 Å². The van der Waals surface area contributed by atoms with Crippen molar-refractivity contribution >= 4 is 15.9 Å². The molecule has 2 rings (SSSR count). The van der Waals surface area contributed by atoms with Crippen molar-refractivity contribution in [2.75, 3.05) is 0 Å². The van der Waals surface area contributed by atoms with Gasteiger partial charge in [0.15, 0.2) is 0 Å². The fourth-order valence-corrected chi connectivity index (χ4v) is 2.92. The summed E-state index contributed by atoms with van der Waals surface area (Å²) in [5.74, 6) is 0.750. The van der Waals surface area contributed by atoms with Gasteiger partial charge in [-0.3, -0.25) is 4.68 Å². The molecule has 0 amide bonds. The minimum atomic E-state index is 0.679. The lowest BCUT2D eigenvalue weighted by Gasteiger charge is -2.26. The van der Waals surface area contributed by atoms with Gasteiger partial charge in [-0.2, -0.15) is 0 Å². The van der Waals surface area contributed by atoms with Crippen LogP contribution in [0.25, 0.3) is 0 Å². The van der Waals surface area contributed by atoms with Crippen LogP contribution in [-0.2, 0) is 13.5 Å². The molecule has 1 fully saturated rings. The first-order valence-electron chi connectivity index (χ1n) is 5.25. The van der Waals surface area contributed by atoms with Crippen molar-refractivity contribution in [2.24, 2.45) is 13.0 Å². The summed E-state index contributed by atoms with van der Waals surface area (Å²) < 4.78 is 1.78. The van der Waals surface area contributed by atoms with Crippen LogP contribution < -0.4 is 0 Å². The molecule has 0 N–H and O–H groups in total. The van der Waals surface area contributed by atoms with E-state index in [4.69, 9.17) is 0 Å². The van der Waals surface area contributed by atoms with E-state index in [1.54, 1.807) is 4.68 Å². The molecule has 0 bridgehead atoms. The predicted molar refractivity (Wildman–Crippen MR) is 59.4 cm³/mol. The summed E-state index contributed by atoms with van der Waals surface area (Å²) in [7, 11) is 1.92. The average Bonchev–Trinajstić information content (AvgIpc) is 2.56. The highest BCUT2D eigenvalue weighted by Gasteiger charge is 2.23. The summed E-state index contributed by atoms with van der Waals surface area (Å²) >= 11 is 3.76. The Morgan fingerprint density at radius 2 is 2.29 bits per heavy atom. The molecule has 14 heavy (non-hydrogen) atoms. The van der Waals surface area contributed by atoms with Gasteiger partial charge in [-0.1, -0.05) is 34.0 Å². The Kier molecular flexibility index (Phi) is 3.21. The number of rotatable bonds is 2. The molecule has 1 aliphatic rings. The highest BCUT2D eigenvalue weighted by Crippen LogP contribution is 2.31. The average molecular weight is 258 g/mol. The number of hydrogen-bond acceptors (Lipinski definition) is 2. The summed E-state index contributed by atoms with van der Waals surface area (Å²) in [6.45, 7) is 0. The first kappa shape index (κ1) is 10.1. The zero-order valence-electron chi connectivity index (χ0n) is 8.49. The number of hydrogen-bond donors (Lipinski definition) is 0. The van der Waals surface area contributed by atoms with Crippen LogP contribution in [0, 0.1) is 5.92 Å². The highest BCUT2D eigenvalue weighted by atomic mass is 79.9. The van der Waals surface area contributed by atoms with Crippen LogP contribution in [0.1, 0.15) is 31.4 Å². The molecule has 0 saturated heterocycles. The second-order valence-corrected chi connectivity index (χ2v) is 5.32. The van der Waals surface area contributed by atoms with E-state index in [-0.39, 0.29) is 0 Å². The molecule has 78 valence electrons. The van der Waals surface area contributed by atoms with Crippen molar-refractivity contribution in [3.05, 3.63) is 11.9 Å². The lowest BCUT2D eigenvalue weighted by Crippen LogP contribution is -2.21. The molecule has 4 heteroatoms. The third-order valence-electron chi connectivity index (χ3n) is 2.94. The molecule has 1 heterocycles. The van der Waals surface area contributed by atoms with Crippen molar-refractivity contribution < 1.29 is 0 Å². The topological polar surface area (TPSA) is 30.7 Å². The van der Waals surface area contributed by atoms with E-state index in [0.717, 1.165) is 18.0 Å². The van der Waals surface area contributed by atoms with Gasteiger partial charge in [0.05, 0.1) is 5.69 Å². The van der Waals surface area contributed by atoms with Gasteiger partial charge in [-0.15, -0.1) is 5.10 Å². The van der Waals surface area contributed by atoms with Crippen molar-refractivity contribution in [1.82, 2.24) is 15.0 Å². The first-order valence-corrected chi connectivity index (χ1v) is 6.16. The third-order valence-corrected chi connectivity index (χ3v) is 4.14. The molecular weight excluding hydrogens is 242 g/mol. The van der Waals surface area contributed by atoms with Gasteiger partial charge in [0, 0.05) is 18.1 Å². The molecule has 1 aliphatic carbocycles. The number of aromatic nitrogens is 3. The Hall–Kier alpha value is -0.380. The number of nitrogens with zero attached hydrogens (tertiary/aromatic N) is 3. The van der Waals surface area contributed by atoms with Gasteiger partial charge in [0.2, 0.25) is 0 Å². The number of halogens is 1. The van der Waals surface area contributed by atoms with Gasteiger partial charge in [-0.05, 0) is 25.2 Å².